The van der Waals surface area contributed by atoms with E-state index in [1.54, 1.807) is 60.8 Å². The quantitative estimate of drug-likeness (QED) is 0.0520. The Morgan fingerprint density at radius 2 is 1.37 bits per heavy atom. The maximum atomic E-state index is 13.5. The minimum absolute atomic E-state index is 0.0832. The lowest BCUT2D eigenvalue weighted by Gasteiger charge is -2.24. The van der Waals surface area contributed by atoms with Crippen LogP contribution in [0.25, 0.3) is 10.8 Å². The van der Waals surface area contributed by atoms with Crippen LogP contribution in [-0.2, 0) is 39.7 Å². The van der Waals surface area contributed by atoms with E-state index in [9.17, 15) is 26.4 Å². The first-order valence-corrected chi connectivity index (χ1v) is 22.8. The topological polar surface area (TPSA) is 231 Å². The first kappa shape index (κ1) is 46.7. The summed E-state index contributed by atoms with van der Waals surface area (Å²) >= 11 is 0. The van der Waals surface area contributed by atoms with E-state index in [0.29, 0.717) is 51.0 Å². The van der Waals surface area contributed by atoms with Gasteiger partial charge in [0.1, 0.15) is 42.0 Å². The van der Waals surface area contributed by atoms with Crippen LogP contribution in [0.15, 0.2) is 85.1 Å². The minimum Gasteiger partial charge on any atom is -0.497 e. The molecule has 0 aliphatic rings. The number of carbonyl (C=O) groups is 2. The van der Waals surface area contributed by atoms with E-state index in [1.165, 1.54) is 14.2 Å². The fourth-order valence-electron chi connectivity index (χ4n) is 5.90. The van der Waals surface area contributed by atoms with E-state index in [0.717, 1.165) is 18.1 Å². The Balaban J connectivity index is 1.23. The van der Waals surface area contributed by atoms with Crippen molar-refractivity contribution in [1.29, 1.82) is 0 Å². The highest BCUT2D eigenvalue weighted by molar-refractivity contribution is 7.92. The number of hydrogen-bond donors (Lipinski definition) is 5. The molecular formula is C42H50N6O12S2. The van der Waals surface area contributed by atoms with Gasteiger partial charge in [-0.3, -0.25) is 14.2 Å². The molecule has 0 atom stereocenters. The average molecular weight is 895 g/mol. The normalized spacial score (nSPS) is 11.7. The summed E-state index contributed by atoms with van der Waals surface area (Å²) in [7, 11) is -4.38. The van der Waals surface area contributed by atoms with Crippen LogP contribution in [0.5, 0.6) is 28.7 Å². The van der Waals surface area contributed by atoms with E-state index in [4.69, 9.17) is 28.4 Å². The third kappa shape index (κ3) is 14.1. The summed E-state index contributed by atoms with van der Waals surface area (Å²) < 4.78 is 84.7. The monoisotopic (exact) mass is 894 g/mol. The van der Waals surface area contributed by atoms with Gasteiger partial charge in [-0.15, -0.1) is 0 Å². The number of nitrogens with one attached hydrogen (secondary N) is 5. The second-order valence-electron chi connectivity index (χ2n) is 14.8. The largest absolute Gasteiger partial charge is 0.497 e. The fraction of sp³-hybridized carbons (Fsp3) is 0.310. The van der Waals surface area contributed by atoms with Crippen molar-refractivity contribution in [2.24, 2.45) is 0 Å². The molecule has 0 aliphatic carbocycles. The number of hydrogen-bond acceptors (Lipinski definition) is 14. The number of urea groups is 1. The van der Waals surface area contributed by atoms with E-state index in [-0.39, 0.29) is 49.0 Å². The average Bonchev–Trinajstić information content (AvgIpc) is 3.18. The van der Waals surface area contributed by atoms with Crippen LogP contribution in [0.1, 0.15) is 26.3 Å². The Morgan fingerprint density at radius 3 is 2.06 bits per heavy atom. The smallest absolute Gasteiger partial charge is 0.323 e. The number of carbonyl (C=O) groups excluding carboxylic acids is 2. The molecule has 0 bridgehead atoms. The lowest BCUT2D eigenvalue weighted by atomic mass is 9.86. The molecule has 332 valence electrons. The summed E-state index contributed by atoms with van der Waals surface area (Å²) in [6.45, 7) is 6.16. The van der Waals surface area contributed by atoms with Crippen molar-refractivity contribution in [2.45, 2.75) is 26.2 Å². The van der Waals surface area contributed by atoms with Crippen molar-refractivity contribution in [3.63, 3.8) is 0 Å². The van der Waals surface area contributed by atoms with Gasteiger partial charge in [0.2, 0.25) is 20.0 Å². The number of amides is 3. The van der Waals surface area contributed by atoms with Crippen LogP contribution in [-0.4, -0.2) is 93.5 Å². The van der Waals surface area contributed by atoms with Crippen molar-refractivity contribution in [2.75, 3.05) is 80.4 Å². The van der Waals surface area contributed by atoms with Crippen LogP contribution in [0.4, 0.5) is 33.4 Å². The zero-order valence-electron chi connectivity index (χ0n) is 35.3. The molecule has 0 fully saturated rings. The Bertz CT molecular complexity index is 2620. The van der Waals surface area contributed by atoms with Crippen LogP contribution in [0.2, 0.25) is 0 Å². The molecular weight excluding hydrogens is 845 g/mol. The number of methoxy groups -OCH3 is 2. The van der Waals surface area contributed by atoms with Crippen molar-refractivity contribution in [3.8, 4) is 28.7 Å². The molecule has 20 heteroatoms. The molecule has 4 aromatic carbocycles. The molecule has 18 nitrogen and oxygen atoms in total. The summed E-state index contributed by atoms with van der Waals surface area (Å²) in [6, 6.07) is 22.4. The van der Waals surface area contributed by atoms with Gasteiger partial charge in [-0.25, -0.2) is 26.6 Å². The van der Waals surface area contributed by atoms with Crippen molar-refractivity contribution in [1.82, 2.24) is 9.71 Å². The van der Waals surface area contributed by atoms with E-state index >= 15 is 0 Å². The summed E-state index contributed by atoms with van der Waals surface area (Å²) in [6.07, 6.45) is 3.52. The summed E-state index contributed by atoms with van der Waals surface area (Å²) in [5.41, 5.74) is 1.97. The molecule has 1 heterocycles. The number of aromatic nitrogens is 1. The van der Waals surface area contributed by atoms with Crippen molar-refractivity contribution >= 4 is 71.3 Å². The highest BCUT2D eigenvalue weighted by Crippen LogP contribution is 2.40. The molecule has 0 radical (unpaired) electrons. The van der Waals surface area contributed by atoms with Crippen LogP contribution in [0, 0.1) is 0 Å². The summed E-state index contributed by atoms with van der Waals surface area (Å²) in [4.78, 5) is 29.5. The Morgan fingerprint density at radius 1 is 0.694 bits per heavy atom. The van der Waals surface area contributed by atoms with E-state index in [2.05, 4.69) is 25.7 Å². The molecule has 5 aromatic rings. The molecule has 5 rings (SSSR count). The van der Waals surface area contributed by atoms with Gasteiger partial charge in [-0.1, -0.05) is 45.0 Å². The van der Waals surface area contributed by atoms with Gasteiger partial charge < -0.3 is 44.4 Å². The number of pyridine rings is 1. The van der Waals surface area contributed by atoms with Crippen molar-refractivity contribution < 1.29 is 54.8 Å². The van der Waals surface area contributed by atoms with E-state index < -0.39 is 38.6 Å². The standard InChI is InChI=1S/C42H50N6O12S2/c1-42(2,3)27-20-35(40(56-5)36(21-27)47-61(6,51)52)46-41(50)45-34-12-13-37(33-11-9-8-10-32(33)34)60-29-14-15-43-38(25-29)44-28-22-30(55-4)24-31(23-28)59-19-18-57-16-17-58-26-39(49)48-62(7,53)54/h8-15,20-25,47H,16-19,26H2,1-7H3,(H,43,44)(H,48,49)(H2,45,46,50). The Kier molecular flexibility index (Phi) is 15.4. The SMILES string of the molecule is COc1cc(Nc2cc(Oc3ccc(NC(=O)Nc4cc(C(C)(C)C)cc(NS(C)(=O)=O)c4OC)c4ccccc34)ccn2)cc(OCCOCCOCC(=O)NS(C)(=O)=O)c1. The lowest BCUT2D eigenvalue weighted by Crippen LogP contribution is -2.32. The predicted octanol–water partition coefficient (Wildman–Crippen LogP) is 6.59. The molecule has 5 N–H and O–H groups in total. The maximum absolute atomic E-state index is 13.5. The molecule has 62 heavy (non-hydrogen) atoms. The highest BCUT2D eigenvalue weighted by atomic mass is 32.2. The third-order valence-corrected chi connectivity index (χ3v) is 9.77. The van der Waals surface area contributed by atoms with Crippen molar-refractivity contribution in [3.05, 3.63) is 90.6 Å². The zero-order valence-corrected chi connectivity index (χ0v) is 36.9. The molecule has 1 aromatic heterocycles. The lowest BCUT2D eigenvalue weighted by molar-refractivity contribution is -0.124. The van der Waals surface area contributed by atoms with E-state index in [1.807, 2.05) is 49.8 Å². The number of anilines is 5. The molecule has 3 amide bonds. The Hall–Kier alpha value is -6.35. The Labute approximate surface area is 360 Å². The first-order chi connectivity index (χ1) is 29.3. The fourth-order valence-corrected chi connectivity index (χ4v) is 6.92. The number of fused-ring (bicyclic) bond motifs is 1. The van der Waals surface area contributed by atoms with Crippen LogP contribution in [0.3, 0.4) is 0 Å². The second kappa shape index (κ2) is 20.5. The molecule has 0 unspecified atom stereocenters. The maximum Gasteiger partial charge on any atom is 0.323 e. The van der Waals surface area contributed by atoms with Gasteiger partial charge >= 0.3 is 6.03 Å². The second-order valence-corrected chi connectivity index (χ2v) is 18.3. The van der Waals surface area contributed by atoms with Crippen LogP contribution >= 0.6 is 0 Å². The van der Waals surface area contributed by atoms with Gasteiger partial charge in [0.15, 0.2) is 5.75 Å². The number of benzene rings is 4. The van der Waals surface area contributed by atoms with Gasteiger partial charge in [-0.2, -0.15) is 0 Å². The van der Waals surface area contributed by atoms with Gasteiger partial charge in [0, 0.05) is 46.9 Å². The first-order valence-electron chi connectivity index (χ1n) is 19.0. The summed E-state index contributed by atoms with van der Waals surface area (Å²) in [5.74, 6) is 1.87. The van der Waals surface area contributed by atoms with Gasteiger partial charge in [0.25, 0.3) is 5.91 Å². The predicted molar refractivity (Wildman–Crippen MR) is 237 cm³/mol. The number of ether oxygens (including phenoxy) is 6. The number of nitrogens with zero attached hydrogens (tertiary/aromatic N) is 1. The molecule has 0 spiro atoms. The van der Waals surface area contributed by atoms with Crippen LogP contribution < -0.4 is 44.3 Å². The summed E-state index contributed by atoms with van der Waals surface area (Å²) in [5, 5.41) is 10.4. The minimum atomic E-state index is -3.66. The zero-order chi connectivity index (χ0) is 45.1. The van der Waals surface area contributed by atoms with Gasteiger partial charge in [0.05, 0.1) is 63.6 Å². The number of rotatable bonds is 20. The third-order valence-electron chi connectivity index (χ3n) is 8.58. The molecule has 0 aliphatic heterocycles. The molecule has 0 saturated carbocycles. The molecule has 0 saturated heterocycles. The highest BCUT2D eigenvalue weighted by Gasteiger charge is 2.23. The van der Waals surface area contributed by atoms with Gasteiger partial charge in [-0.05, 0) is 41.3 Å². The number of sulfonamides is 2.